The van der Waals surface area contributed by atoms with E-state index in [1.807, 2.05) is 0 Å². The zero-order chi connectivity index (χ0) is 19.4. The van der Waals surface area contributed by atoms with E-state index in [1.165, 1.54) is 54.5 Å². The SMILES string of the molecule is CC(C)=CCC/C(C)=C/CCC(C)=CCCC[n+]1ccc(N(C)C)cc1. The van der Waals surface area contributed by atoms with Gasteiger partial charge in [0.1, 0.15) is 6.54 Å². The molecule has 144 valence electrons. The van der Waals surface area contributed by atoms with Crippen molar-refractivity contribution in [1.29, 1.82) is 0 Å². The van der Waals surface area contributed by atoms with E-state index < -0.39 is 0 Å². The van der Waals surface area contributed by atoms with E-state index in [9.17, 15) is 0 Å². The maximum absolute atomic E-state index is 2.42. The highest BCUT2D eigenvalue weighted by Crippen LogP contribution is 2.12. The second-order valence-electron chi connectivity index (χ2n) is 7.79. The quantitative estimate of drug-likeness (QED) is 0.259. The fraction of sp³-hybridized carbons (Fsp3) is 0.542. The predicted octanol–water partition coefficient (Wildman–Crippen LogP) is 6.24. The van der Waals surface area contributed by atoms with E-state index in [0.717, 1.165) is 13.0 Å². The minimum absolute atomic E-state index is 1.08. The summed E-state index contributed by atoms with van der Waals surface area (Å²) in [7, 11) is 4.15. The van der Waals surface area contributed by atoms with Crippen LogP contribution in [0.3, 0.4) is 0 Å². The third-order valence-corrected chi connectivity index (χ3v) is 4.63. The average molecular weight is 356 g/mol. The van der Waals surface area contributed by atoms with Crippen LogP contribution in [0.4, 0.5) is 5.69 Å². The van der Waals surface area contributed by atoms with Gasteiger partial charge in [0, 0.05) is 38.3 Å². The molecule has 0 bridgehead atoms. The number of hydrogen-bond donors (Lipinski definition) is 0. The number of hydrogen-bond acceptors (Lipinski definition) is 1. The molecule has 1 rings (SSSR count). The van der Waals surface area contributed by atoms with Gasteiger partial charge in [-0.3, -0.25) is 0 Å². The van der Waals surface area contributed by atoms with Crippen LogP contribution in [0.5, 0.6) is 0 Å². The lowest BCUT2D eigenvalue weighted by molar-refractivity contribution is -0.697. The number of aryl methyl sites for hydroxylation is 1. The summed E-state index contributed by atoms with van der Waals surface area (Å²) in [6, 6.07) is 4.35. The van der Waals surface area contributed by atoms with Crippen molar-refractivity contribution in [2.24, 2.45) is 0 Å². The average Bonchev–Trinajstić information content (AvgIpc) is 2.59. The molecule has 0 unspecified atom stereocenters. The van der Waals surface area contributed by atoms with Crippen molar-refractivity contribution in [3.63, 3.8) is 0 Å². The van der Waals surface area contributed by atoms with Gasteiger partial charge in [-0.25, -0.2) is 4.57 Å². The normalized spacial score (nSPS) is 12.2. The van der Waals surface area contributed by atoms with Gasteiger partial charge in [-0.2, -0.15) is 0 Å². The molecule has 0 spiro atoms. The minimum atomic E-state index is 1.08. The maximum Gasteiger partial charge on any atom is 0.170 e. The molecule has 1 aromatic heterocycles. The van der Waals surface area contributed by atoms with Gasteiger partial charge in [0.15, 0.2) is 12.4 Å². The largest absolute Gasteiger partial charge is 0.377 e. The highest BCUT2D eigenvalue weighted by atomic mass is 15.1. The summed E-state index contributed by atoms with van der Waals surface area (Å²) in [5, 5.41) is 0. The Morgan fingerprint density at radius 2 is 1.38 bits per heavy atom. The Hall–Kier alpha value is -1.83. The molecule has 0 fully saturated rings. The van der Waals surface area contributed by atoms with Gasteiger partial charge >= 0.3 is 0 Å². The Kier molecular flexibility index (Phi) is 10.7. The molecule has 2 nitrogen and oxygen atoms in total. The first-order chi connectivity index (χ1) is 12.4. The topological polar surface area (TPSA) is 7.12 Å². The van der Waals surface area contributed by atoms with Crippen molar-refractivity contribution >= 4 is 5.69 Å². The third kappa shape index (κ3) is 10.2. The summed E-state index contributed by atoms with van der Waals surface area (Å²) in [6.07, 6.45) is 18.6. The number of aromatic nitrogens is 1. The van der Waals surface area contributed by atoms with E-state index in [-0.39, 0.29) is 0 Å². The molecule has 0 radical (unpaired) electrons. The molecular weight excluding hydrogens is 316 g/mol. The molecule has 26 heavy (non-hydrogen) atoms. The van der Waals surface area contributed by atoms with E-state index in [4.69, 9.17) is 0 Å². The molecule has 0 amide bonds. The van der Waals surface area contributed by atoms with Crippen molar-refractivity contribution < 1.29 is 4.57 Å². The van der Waals surface area contributed by atoms with Crippen LogP contribution in [-0.4, -0.2) is 14.1 Å². The Labute approximate surface area is 161 Å². The summed E-state index contributed by atoms with van der Waals surface area (Å²) < 4.78 is 2.27. The number of rotatable bonds is 11. The first-order valence-electron chi connectivity index (χ1n) is 9.99. The van der Waals surface area contributed by atoms with E-state index >= 15 is 0 Å². The lowest BCUT2D eigenvalue weighted by Gasteiger charge is -2.10. The molecular formula is C24H39N2+. The summed E-state index contributed by atoms with van der Waals surface area (Å²) >= 11 is 0. The molecule has 0 aromatic carbocycles. The monoisotopic (exact) mass is 355 g/mol. The third-order valence-electron chi connectivity index (χ3n) is 4.63. The van der Waals surface area contributed by atoms with Crippen LogP contribution in [0.15, 0.2) is 59.5 Å². The van der Waals surface area contributed by atoms with E-state index in [2.05, 4.69) is 94.0 Å². The van der Waals surface area contributed by atoms with E-state index in [0.29, 0.717) is 0 Å². The van der Waals surface area contributed by atoms with Crippen molar-refractivity contribution in [1.82, 2.24) is 0 Å². The Morgan fingerprint density at radius 3 is 1.92 bits per heavy atom. The zero-order valence-electron chi connectivity index (χ0n) is 17.9. The molecule has 1 heterocycles. The smallest absolute Gasteiger partial charge is 0.170 e. The highest BCUT2D eigenvalue weighted by Gasteiger charge is 2.01. The molecule has 1 aromatic rings. The highest BCUT2D eigenvalue weighted by molar-refractivity contribution is 5.41. The van der Waals surface area contributed by atoms with Crippen LogP contribution < -0.4 is 9.47 Å². The van der Waals surface area contributed by atoms with Gasteiger partial charge in [0.2, 0.25) is 0 Å². The molecule has 0 aliphatic carbocycles. The van der Waals surface area contributed by atoms with Crippen LogP contribution in [-0.2, 0) is 6.54 Å². The van der Waals surface area contributed by atoms with Crippen LogP contribution in [0.1, 0.15) is 66.2 Å². The maximum atomic E-state index is 2.42. The first kappa shape index (κ1) is 22.2. The standard InChI is InChI=1S/C24H39N2/c1-21(2)11-9-13-23(4)15-10-14-22(3)12-7-8-18-26-19-16-24(17-20-26)25(5)6/h11-12,15-17,19-20H,7-10,13-14,18H2,1-6H3/q+1/b22-12?,23-15+. The summed E-state index contributed by atoms with van der Waals surface area (Å²) in [4.78, 5) is 2.13. The van der Waals surface area contributed by atoms with Crippen molar-refractivity contribution in [3.05, 3.63) is 59.5 Å². The second kappa shape index (κ2) is 12.5. The van der Waals surface area contributed by atoms with Gasteiger partial charge in [-0.15, -0.1) is 0 Å². The predicted molar refractivity (Wildman–Crippen MR) is 116 cm³/mol. The number of unbranched alkanes of at least 4 members (excludes halogenated alkanes) is 1. The molecule has 0 N–H and O–H groups in total. The summed E-state index contributed by atoms with van der Waals surface area (Å²) in [5.74, 6) is 0. The number of allylic oxidation sites excluding steroid dienone is 6. The molecule has 0 aliphatic heterocycles. The second-order valence-corrected chi connectivity index (χ2v) is 7.79. The fourth-order valence-corrected chi connectivity index (χ4v) is 2.86. The zero-order valence-corrected chi connectivity index (χ0v) is 17.9. The number of pyridine rings is 1. The van der Waals surface area contributed by atoms with Gasteiger partial charge < -0.3 is 4.90 Å². The molecule has 0 saturated carbocycles. The molecule has 0 saturated heterocycles. The summed E-state index contributed by atoms with van der Waals surface area (Å²) in [5.41, 5.74) is 5.71. The first-order valence-corrected chi connectivity index (χ1v) is 9.99. The van der Waals surface area contributed by atoms with Crippen molar-refractivity contribution in [2.45, 2.75) is 72.8 Å². The van der Waals surface area contributed by atoms with Crippen LogP contribution >= 0.6 is 0 Å². The Balaban J connectivity index is 2.24. The fourth-order valence-electron chi connectivity index (χ4n) is 2.86. The number of nitrogens with zero attached hydrogens (tertiary/aromatic N) is 2. The van der Waals surface area contributed by atoms with E-state index in [1.54, 1.807) is 0 Å². The molecule has 2 heteroatoms. The van der Waals surface area contributed by atoms with Crippen molar-refractivity contribution in [2.75, 3.05) is 19.0 Å². The van der Waals surface area contributed by atoms with Gasteiger partial charge in [0.25, 0.3) is 0 Å². The lowest BCUT2D eigenvalue weighted by Crippen LogP contribution is -2.32. The molecule has 0 aliphatic rings. The van der Waals surface area contributed by atoms with Crippen LogP contribution in [0.2, 0.25) is 0 Å². The molecule has 0 atom stereocenters. The minimum Gasteiger partial charge on any atom is -0.377 e. The van der Waals surface area contributed by atoms with Gasteiger partial charge in [-0.1, -0.05) is 34.9 Å². The summed E-state index contributed by atoms with van der Waals surface area (Å²) in [6.45, 7) is 9.96. The Bertz CT molecular complexity index is 600. The van der Waals surface area contributed by atoms with Crippen LogP contribution in [0, 0.1) is 0 Å². The van der Waals surface area contributed by atoms with Crippen molar-refractivity contribution in [3.8, 4) is 0 Å². The van der Waals surface area contributed by atoms with Gasteiger partial charge in [0.05, 0.1) is 0 Å². The van der Waals surface area contributed by atoms with Gasteiger partial charge in [-0.05, 0) is 59.8 Å². The van der Waals surface area contributed by atoms with Crippen LogP contribution in [0.25, 0.3) is 0 Å². The number of anilines is 1. The lowest BCUT2D eigenvalue weighted by atomic mass is 10.1. The Morgan fingerprint density at radius 1 is 0.846 bits per heavy atom.